The summed E-state index contributed by atoms with van der Waals surface area (Å²) < 4.78 is 68.3. The van der Waals surface area contributed by atoms with Crippen LogP contribution in [-0.4, -0.2) is 29.6 Å². The second-order valence-corrected chi connectivity index (χ2v) is 4.90. The fourth-order valence-corrected chi connectivity index (χ4v) is 2.22. The molecule has 3 rings (SSSR count). The van der Waals surface area contributed by atoms with Gasteiger partial charge in [-0.1, -0.05) is 18.2 Å². The van der Waals surface area contributed by atoms with Gasteiger partial charge in [0.05, 0.1) is 21.1 Å². The Bertz CT molecular complexity index is 1030. The van der Waals surface area contributed by atoms with Crippen LogP contribution in [-0.2, 0) is 11.3 Å². The zero-order valence-electron chi connectivity index (χ0n) is 20.4. The SMILES string of the molecule is [2H]C1=C(C([2H])([2H])[2H])C=[N+]2C(=NC(C([2H])([2H])[2H])=C2C(=O)NCc2ccc(OC)cc2)C1[2H]. The van der Waals surface area contributed by atoms with E-state index in [9.17, 15) is 4.79 Å². The number of nitrogens with one attached hydrogen (secondary N) is 1. The molecule has 5 nitrogen and oxygen atoms in total. The molecule has 23 heavy (non-hydrogen) atoms. The Morgan fingerprint density at radius 2 is 2.30 bits per heavy atom. The monoisotopic (exact) mass is 318 g/mol. The minimum absolute atomic E-state index is 0.0692. The molecule has 1 amide bonds. The number of hydrogen-bond donors (Lipinski definition) is 1. The smallest absolute Gasteiger partial charge is 0.308 e. The van der Waals surface area contributed by atoms with Gasteiger partial charge < -0.3 is 10.1 Å². The van der Waals surface area contributed by atoms with Crippen molar-refractivity contribution in [1.29, 1.82) is 0 Å². The van der Waals surface area contributed by atoms with Crippen molar-refractivity contribution in [3.8, 4) is 5.75 Å². The summed E-state index contributed by atoms with van der Waals surface area (Å²) in [6.45, 7) is -5.43. The Labute approximate surface area is 146 Å². The number of carbonyl (C=O) groups is 1. The lowest BCUT2D eigenvalue weighted by Gasteiger charge is -2.10. The van der Waals surface area contributed by atoms with Crippen LogP contribution in [0, 0.1) is 0 Å². The lowest BCUT2D eigenvalue weighted by molar-refractivity contribution is -0.337. The van der Waals surface area contributed by atoms with Crippen LogP contribution in [0.15, 0.2) is 52.3 Å². The van der Waals surface area contributed by atoms with Gasteiger partial charge in [0.25, 0.3) is 5.91 Å². The lowest BCUT2D eigenvalue weighted by atomic mass is 10.2. The molecule has 0 aliphatic carbocycles. The molecule has 0 radical (unpaired) electrons. The van der Waals surface area contributed by atoms with Crippen LogP contribution in [0.5, 0.6) is 5.75 Å². The first-order chi connectivity index (χ1) is 14.3. The number of ether oxygens (including phenoxy) is 1. The van der Waals surface area contributed by atoms with Crippen molar-refractivity contribution < 1.29 is 25.1 Å². The number of fused-ring (bicyclic) bond motifs is 1. The van der Waals surface area contributed by atoms with Gasteiger partial charge in [0.2, 0.25) is 11.4 Å². The average Bonchev–Trinajstić information content (AvgIpc) is 3.08. The number of allylic oxidation sites excluding steroid dienone is 2. The molecule has 1 unspecified atom stereocenters. The van der Waals surface area contributed by atoms with Crippen molar-refractivity contribution >= 4 is 18.0 Å². The number of benzene rings is 1. The maximum absolute atomic E-state index is 13.0. The maximum Gasteiger partial charge on any atom is 0.308 e. The zero-order chi connectivity index (χ0) is 23.1. The molecule has 1 aromatic rings. The molecule has 0 aromatic heterocycles. The van der Waals surface area contributed by atoms with Crippen molar-refractivity contribution in [3.05, 3.63) is 52.8 Å². The Hall–Kier alpha value is -2.69. The summed E-state index contributed by atoms with van der Waals surface area (Å²) in [7, 11) is 1.52. The number of carbonyl (C=O) groups excluding carboxylic acids is 1. The molecule has 0 spiro atoms. The van der Waals surface area contributed by atoms with E-state index in [1.54, 1.807) is 24.3 Å². The highest BCUT2D eigenvalue weighted by Gasteiger charge is 2.35. The second-order valence-electron chi connectivity index (χ2n) is 4.90. The molecule has 1 atom stereocenters. The summed E-state index contributed by atoms with van der Waals surface area (Å²) in [5.41, 5.74) is -0.654. The van der Waals surface area contributed by atoms with E-state index in [-0.39, 0.29) is 18.1 Å². The fraction of sp³-hybridized carbons (Fsp3) is 0.278. The molecular formula is C18H20N3O2+. The van der Waals surface area contributed by atoms with E-state index in [2.05, 4.69) is 10.3 Å². The van der Waals surface area contributed by atoms with Crippen molar-refractivity contribution in [2.24, 2.45) is 4.99 Å². The van der Waals surface area contributed by atoms with Crippen molar-refractivity contribution in [2.45, 2.75) is 26.6 Å². The minimum atomic E-state index is -2.78. The number of aliphatic imine (C=N–C) groups is 1. The summed E-state index contributed by atoms with van der Waals surface area (Å²) in [6.07, 6.45) is -0.537. The lowest BCUT2D eigenvalue weighted by Crippen LogP contribution is -2.32. The van der Waals surface area contributed by atoms with Gasteiger partial charge in [0.1, 0.15) is 5.75 Å². The highest BCUT2D eigenvalue weighted by Crippen LogP contribution is 2.21. The first kappa shape index (κ1) is 8.24. The molecule has 118 valence electrons. The number of amides is 1. The first-order valence-electron chi connectivity index (χ1n) is 10.9. The van der Waals surface area contributed by atoms with Crippen LogP contribution in [0.25, 0.3) is 0 Å². The zero-order valence-corrected chi connectivity index (χ0v) is 12.4. The van der Waals surface area contributed by atoms with E-state index < -0.39 is 43.3 Å². The summed E-state index contributed by atoms with van der Waals surface area (Å²) >= 11 is 0. The van der Waals surface area contributed by atoms with Crippen LogP contribution < -0.4 is 10.1 Å². The van der Waals surface area contributed by atoms with Crippen LogP contribution >= 0.6 is 0 Å². The summed E-state index contributed by atoms with van der Waals surface area (Å²) in [4.78, 5) is 16.9. The van der Waals surface area contributed by atoms with Gasteiger partial charge in [-0.15, -0.1) is 0 Å². The quantitative estimate of drug-likeness (QED) is 0.867. The molecule has 0 saturated heterocycles. The van der Waals surface area contributed by atoms with E-state index in [4.69, 9.17) is 15.7 Å². The summed E-state index contributed by atoms with van der Waals surface area (Å²) in [5, 5.41) is 2.61. The molecule has 2 aliphatic rings. The maximum atomic E-state index is 13.0. The third kappa shape index (κ3) is 3.08. The highest BCUT2D eigenvalue weighted by molar-refractivity contribution is 6.00. The summed E-state index contributed by atoms with van der Waals surface area (Å²) in [5.74, 6) is -0.350. The van der Waals surface area contributed by atoms with Gasteiger partial charge in [0, 0.05) is 23.0 Å². The molecule has 2 aliphatic heterocycles. The number of nitrogens with zero attached hydrogens (tertiary/aromatic N) is 2. The van der Waals surface area contributed by atoms with E-state index in [1.807, 2.05) is 0 Å². The predicted octanol–water partition coefficient (Wildman–Crippen LogP) is 2.39. The molecule has 0 saturated carbocycles. The molecule has 5 heteroatoms. The summed E-state index contributed by atoms with van der Waals surface area (Å²) in [6, 6.07) is 6.35. The van der Waals surface area contributed by atoms with E-state index in [0.717, 1.165) is 16.4 Å². The van der Waals surface area contributed by atoms with E-state index in [1.165, 1.54) is 7.11 Å². The number of methoxy groups -OCH3 is 1. The Balaban J connectivity index is 1.98. The molecule has 1 N–H and O–H groups in total. The standard InChI is InChI=1S/C18H19N3O2/c1-12-4-9-16-20-13(2)17(21(16)11-12)18(22)19-10-14-5-7-15(23-3)8-6-14/h4-8,11H,9-10H2,1-3H3/p+1/i1D3,2D3,4D,9D. The van der Waals surface area contributed by atoms with Gasteiger partial charge in [0.15, 0.2) is 0 Å². The van der Waals surface area contributed by atoms with Crippen molar-refractivity contribution in [1.82, 2.24) is 5.32 Å². The van der Waals surface area contributed by atoms with Crippen LogP contribution in [0.3, 0.4) is 0 Å². The Morgan fingerprint density at radius 1 is 1.48 bits per heavy atom. The Kier molecular flexibility index (Phi) is 2.22. The van der Waals surface area contributed by atoms with Gasteiger partial charge in [-0.05, 0) is 35.1 Å². The average molecular weight is 318 g/mol. The van der Waals surface area contributed by atoms with E-state index >= 15 is 0 Å². The molecule has 1 aromatic carbocycles. The van der Waals surface area contributed by atoms with Crippen molar-refractivity contribution in [3.63, 3.8) is 0 Å². The van der Waals surface area contributed by atoms with Crippen LogP contribution in [0.1, 0.15) is 36.6 Å². The third-order valence-corrected chi connectivity index (χ3v) is 3.38. The second kappa shape index (κ2) is 6.20. The first-order valence-corrected chi connectivity index (χ1v) is 6.86. The van der Waals surface area contributed by atoms with Crippen LogP contribution in [0.4, 0.5) is 0 Å². The number of hydrogen-bond acceptors (Lipinski definition) is 3. The largest absolute Gasteiger partial charge is 0.497 e. The van der Waals surface area contributed by atoms with Gasteiger partial charge >= 0.3 is 5.84 Å². The molecular weight excluding hydrogens is 290 g/mol. The topological polar surface area (TPSA) is 53.7 Å². The predicted molar refractivity (Wildman–Crippen MR) is 89.7 cm³/mol. The molecule has 2 heterocycles. The molecule has 0 fully saturated rings. The highest BCUT2D eigenvalue weighted by atomic mass is 16.5. The van der Waals surface area contributed by atoms with Crippen LogP contribution in [0.2, 0.25) is 0 Å². The third-order valence-electron chi connectivity index (χ3n) is 3.38. The Morgan fingerprint density at radius 3 is 3.00 bits per heavy atom. The molecule has 0 bridgehead atoms. The number of rotatable bonds is 4. The van der Waals surface area contributed by atoms with Gasteiger partial charge in [-0.3, -0.25) is 4.79 Å². The number of amidine groups is 1. The normalized spacial score (nSPS) is 26.2. The fourth-order valence-electron chi connectivity index (χ4n) is 2.22. The van der Waals surface area contributed by atoms with Crippen molar-refractivity contribution in [2.75, 3.05) is 7.11 Å². The van der Waals surface area contributed by atoms with E-state index in [0.29, 0.717) is 5.75 Å². The minimum Gasteiger partial charge on any atom is -0.497 e. The van der Waals surface area contributed by atoms with Gasteiger partial charge in [-0.2, -0.15) is 4.58 Å². The van der Waals surface area contributed by atoms with Gasteiger partial charge in [-0.25, -0.2) is 0 Å².